The third-order valence-corrected chi connectivity index (χ3v) is 6.96. The van der Waals surface area contributed by atoms with Gasteiger partial charge in [0.15, 0.2) is 13.1 Å². The fourth-order valence-corrected chi connectivity index (χ4v) is 5.22. The molecule has 0 amide bonds. The predicted octanol–water partition coefficient (Wildman–Crippen LogP) is 4.39. The number of nitrogens with zero attached hydrogens (tertiary/aromatic N) is 4. The van der Waals surface area contributed by atoms with E-state index >= 15 is 0 Å². The van der Waals surface area contributed by atoms with Gasteiger partial charge in [0.1, 0.15) is 17.4 Å². The van der Waals surface area contributed by atoms with Crippen molar-refractivity contribution in [1.82, 2.24) is 15.0 Å². The number of nitroso groups, excluding NO2 is 1. The molecule has 3 aromatic rings. The van der Waals surface area contributed by atoms with E-state index in [0.29, 0.717) is 41.5 Å². The molecule has 1 fully saturated rings. The Kier molecular flexibility index (Phi) is 6.99. The van der Waals surface area contributed by atoms with Gasteiger partial charge in [-0.3, -0.25) is 0 Å². The summed E-state index contributed by atoms with van der Waals surface area (Å²) in [5, 5.41) is 16.9. The number of aromatic nitrogens is 3. The van der Waals surface area contributed by atoms with E-state index in [1.54, 1.807) is 13.8 Å². The Bertz CT molecular complexity index is 1150. The topological polar surface area (TPSA) is 103 Å². The molecule has 182 valence electrons. The first-order valence-corrected chi connectivity index (χ1v) is 11.9. The van der Waals surface area contributed by atoms with Gasteiger partial charge in [-0.15, -0.1) is 11.3 Å². The van der Waals surface area contributed by atoms with Gasteiger partial charge < -0.3 is 15.7 Å². The van der Waals surface area contributed by atoms with Gasteiger partial charge in [0, 0.05) is 4.91 Å². The van der Waals surface area contributed by atoms with Crippen molar-refractivity contribution in [3.8, 4) is 10.6 Å². The van der Waals surface area contributed by atoms with Crippen molar-refractivity contribution in [2.24, 2.45) is 5.92 Å². The molecule has 0 bridgehead atoms. The van der Waals surface area contributed by atoms with Crippen molar-refractivity contribution in [1.29, 1.82) is 0 Å². The Morgan fingerprint density at radius 3 is 2.68 bits per heavy atom. The van der Waals surface area contributed by atoms with Crippen LogP contribution in [0.5, 0.6) is 0 Å². The minimum Gasteiger partial charge on any atom is -0.390 e. The summed E-state index contributed by atoms with van der Waals surface area (Å²) in [6.07, 6.45) is -3.98. The standard InChI is InChI=1S/C22H26F3N6O2S/c1-3-31(33)10-13-8-9-15(18(13)32)28-19-17(20-29-14-6-4-5-7-16(14)34-20)12(2)27-21(30-19)26-11-22(23,24)25/h4-7,13,15,18,32H,3,8-11H2,1-2H3,(H2,26,27,28,30)/q+1. The molecule has 12 heteroatoms. The lowest BCUT2D eigenvalue weighted by molar-refractivity contribution is -0.553. The van der Waals surface area contributed by atoms with E-state index < -0.39 is 24.9 Å². The van der Waals surface area contributed by atoms with Crippen LogP contribution < -0.4 is 10.6 Å². The number of anilines is 2. The fraction of sp³-hybridized carbons (Fsp3) is 0.500. The van der Waals surface area contributed by atoms with E-state index in [1.807, 2.05) is 24.3 Å². The first-order chi connectivity index (χ1) is 16.1. The number of nitrogens with one attached hydrogen (secondary N) is 2. The highest BCUT2D eigenvalue weighted by atomic mass is 32.1. The van der Waals surface area contributed by atoms with Crippen molar-refractivity contribution in [2.75, 3.05) is 30.3 Å². The second-order valence-electron chi connectivity index (χ2n) is 8.37. The van der Waals surface area contributed by atoms with Crippen molar-refractivity contribution in [3.63, 3.8) is 0 Å². The molecule has 3 N–H and O–H groups in total. The first-order valence-electron chi connectivity index (χ1n) is 11.1. The maximum absolute atomic E-state index is 12.8. The van der Waals surface area contributed by atoms with Crippen LogP contribution in [0.15, 0.2) is 24.3 Å². The maximum atomic E-state index is 12.8. The largest absolute Gasteiger partial charge is 0.405 e. The molecule has 3 unspecified atom stereocenters. The average Bonchev–Trinajstić information content (AvgIpc) is 3.35. The number of fused-ring (bicyclic) bond motifs is 1. The van der Waals surface area contributed by atoms with Crippen LogP contribution in [-0.4, -0.2) is 62.8 Å². The molecule has 34 heavy (non-hydrogen) atoms. The number of hydrogen-bond donors (Lipinski definition) is 3. The number of aryl methyl sites for hydroxylation is 1. The van der Waals surface area contributed by atoms with Crippen molar-refractivity contribution in [3.05, 3.63) is 34.9 Å². The van der Waals surface area contributed by atoms with Gasteiger partial charge in [-0.1, -0.05) is 12.1 Å². The SMILES string of the molecule is CC[N+](=O)CC1CCC(Nc2nc(NCC(F)(F)F)nc(C)c2-c2nc3ccccc3s2)C1O. The zero-order valence-corrected chi connectivity index (χ0v) is 19.6. The molecule has 1 aliphatic carbocycles. The molecule has 0 radical (unpaired) electrons. The van der Waals surface area contributed by atoms with Crippen LogP contribution in [0.3, 0.4) is 0 Å². The number of hydrogen-bond acceptors (Lipinski definition) is 8. The Morgan fingerprint density at radius 2 is 1.97 bits per heavy atom. The van der Waals surface area contributed by atoms with Gasteiger partial charge in [0.2, 0.25) is 5.95 Å². The van der Waals surface area contributed by atoms with Crippen LogP contribution in [0.1, 0.15) is 25.5 Å². The van der Waals surface area contributed by atoms with Gasteiger partial charge in [0.25, 0.3) is 0 Å². The summed E-state index contributed by atoms with van der Waals surface area (Å²) >= 11 is 1.43. The lowest BCUT2D eigenvalue weighted by Gasteiger charge is -2.22. The van der Waals surface area contributed by atoms with Crippen LogP contribution in [0, 0.1) is 17.7 Å². The number of aliphatic hydroxyl groups excluding tert-OH is 1. The van der Waals surface area contributed by atoms with Crippen LogP contribution in [0.25, 0.3) is 20.8 Å². The zero-order chi connectivity index (χ0) is 24.5. The number of rotatable bonds is 8. The smallest absolute Gasteiger partial charge is 0.390 e. The average molecular weight is 496 g/mol. The summed E-state index contributed by atoms with van der Waals surface area (Å²) in [5.74, 6) is -0.0649. The van der Waals surface area contributed by atoms with E-state index in [1.165, 1.54) is 11.3 Å². The molecule has 4 rings (SSSR count). The van der Waals surface area contributed by atoms with E-state index in [-0.39, 0.29) is 18.4 Å². The van der Waals surface area contributed by atoms with Gasteiger partial charge in [-0.2, -0.15) is 18.2 Å². The number of benzene rings is 1. The van der Waals surface area contributed by atoms with Crippen LogP contribution in [-0.2, 0) is 0 Å². The number of alkyl halides is 3. The molecule has 1 aliphatic rings. The number of para-hydroxylation sites is 1. The van der Waals surface area contributed by atoms with Gasteiger partial charge in [-0.25, -0.2) is 9.97 Å². The summed E-state index contributed by atoms with van der Waals surface area (Å²) < 4.78 is 40.1. The highest BCUT2D eigenvalue weighted by Crippen LogP contribution is 2.38. The highest BCUT2D eigenvalue weighted by Gasteiger charge is 2.39. The highest BCUT2D eigenvalue weighted by molar-refractivity contribution is 7.21. The quantitative estimate of drug-likeness (QED) is 0.399. The predicted molar refractivity (Wildman–Crippen MR) is 125 cm³/mol. The third kappa shape index (κ3) is 5.44. The summed E-state index contributed by atoms with van der Waals surface area (Å²) in [7, 11) is 0. The van der Waals surface area contributed by atoms with Gasteiger partial charge in [-0.05, 0) is 43.6 Å². The normalized spacial score (nSPS) is 20.6. The van der Waals surface area contributed by atoms with E-state index in [9.17, 15) is 23.2 Å². The Balaban J connectivity index is 1.68. The lowest BCUT2D eigenvalue weighted by Crippen LogP contribution is -2.35. The molecule has 0 aliphatic heterocycles. The van der Waals surface area contributed by atoms with Crippen LogP contribution in [0.4, 0.5) is 24.9 Å². The Morgan fingerprint density at radius 1 is 1.21 bits per heavy atom. The molecular formula is C22H26F3N6O2S+. The molecule has 0 saturated heterocycles. The molecule has 1 saturated carbocycles. The van der Waals surface area contributed by atoms with Crippen LogP contribution >= 0.6 is 11.3 Å². The molecule has 8 nitrogen and oxygen atoms in total. The Hall–Kier alpha value is -2.86. The zero-order valence-electron chi connectivity index (χ0n) is 18.8. The fourth-order valence-electron chi connectivity index (χ4n) is 4.16. The lowest BCUT2D eigenvalue weighted by atomic mass is 10.0. The molecule has 0 spiro atoms. The monoisotopic (exact) mass is 495 g/mol. The first kappa shape index (κ1) is 24.3. The van der Waals surface area contributed by atoms with Gasteiger partial charge >= 0.3 is 6.18 Å². The van der Waals surface area contributed by atoms with E-state index in [2.05, 4.69) is 25.6 Å². The second kappa shape index (κ2) is 9.79. The molecule has 2 heterocycles. The van der Waals surface area contributed by atoms with Crippen molar-refractivity contribution < 1.29 is 23.0 Å². The minimum absolute atomic E-state index is 0.164. The van der Waals surface area contributed by atoms with Crippen molar-refractivity contribution in [2.45, 2.75) is 45.0 Å². The third-order valence-electron chi connectivity index (χ3n) is 5.90. The number of halogens is 3. The molecular weight excluding hydrogens is 469 g/mol. The van der Waals surface area contributed by atoms with E-state index in [4.69, 9.17) is 0 Å². The van der Waals surface area contributed by atoms with E-state index in [0.717, 1.165) is 15.0 Å². The number of aliphatic hydroxyl groups is 1. The number of thiazole rings is 1. The van der Waals surface area contributed by atoms with Gasteiger partial charge in [0.05, 0.1) is 39.5 Å². The minimum atomic E-state index is -4.42. The van der Waals surface area contributed by atoms with Crippen LogP contribution in [0.2, 0.25) is 0 Å². The summed E-state index contributed by atoms with van der Waals surface area (Å²) in [6, 6.07) is 7.19. The maximum Gasteiger partial charge on any atom is 0.405 e. The Labute approximate surface area is 198 Å². The van der Waals surface area contributed by atoms with Crippen molar-refractivity contribution >= 4 is 33.3 Å². The second-order valence-corrected chi connectivity index (χ2v) is 9.40. The summed E-state index contributed by atoms with van der Waals surface area (Å²) in [4.78, 5) is 25.0. The summed E-state index contributed by atoms with van der Waals surface area (Å²) in [5.41, 5.74) is 1.83. The summed E-state index contributed by atoms with van der Waals surface area (Å²) in [6.45, 7) is 2.74. The molecule has 3 atom stereocenters. The molecule has 1 aromatic carbocycles. The molecule has 2 aromatic heterocycles.